The molecular formula is C39H48O11. The van der Waals surface area contributed by atoms with Gasteiger partial charge in [0.05, 0.1) is 12.7 Å². The van der Waals surface area contributed by atoms with Gasteiger partial charge in [-0.1, -0.05) is 51.3 Å². The van der Waals surface area contributed by atoms with Gasteiger partial charge in [0.2, 0.25) is 0 Å². The van der Waals surface area contributed by atoms with Crippen LogP contribution >= 0.6 is 0 Å². The van der Waals surface area contributed by atoms with E-state index in [2.05, 4.69) is 27.0 Å². The molecule has 0 aliphatic carbocycles. The zero-order valence-corrected chi connectivity index (χ0v) is 29.1. The molecule has 11 nitrogen and oxygen atoms in total. The van der Waals surface area contributed by atoms with Gasteiger partial charge in [0.25, 0.3) is 0 Å². The molecule has 3 N–H and O–H groups in total. The lowest BCUT2D eigenvalue weighted by Crippen LogP contribution is -2.25. The second kappa shape index (κ2) is 19.4. The molecule has 50 heavy (non-hydrogen) atoms. The summed E-state index contributed by atoms with van der Waals surface area (Å²) in [5.74, 6) is 1.20. The van der Waals surface area contributed by atoms with Crippen molar-refractivity contribution in [1.29, 1.82) is 0 Å². The van der Waals surface area contributed by atoms with Gasteiger partial charge in [-0.2, -0.15) is 0 Å². The summed E-state index contributed by atoms with van der Waals surface area (Å²) in [4.78, 5) is 22.9. The summed E-state index contributed by atoms with van der Waals surface area (Å²) in [6.45, 7) is 14.3. The number of rotatable bonds is 21. The first kappa shape index (κ1) is 39.6. The van der Waals surface area contributed by atoms with Crippen LogP contribution in [0, 0.1) is 0 Å². The van der Waals surface area contributed by atoms with E-state index in [9.17, 15) is 24.9 Å². The van der Waals surface area contributed by atoms with Crippen LogP contribution < -0.4 is 18.9 Å². The van der Waals surface area contributed by atoms with E-state index in [1.54, 1.807) is 31.2 Å². The molecule has 11 heteroatoms. The fourth-order valence-corrected chi connectivity index (χ4v) is 4.39. The van der Waals surface area contributed by atoms with Crippen LogP contribution in [0.3, 0.4) is 0 Å². The van der Waals surface area contributed by atoms with Gasteiger partial charge < -0.3 is 43.7 Å². The third-order valence-corrected chi connectivity index (χ3v) is 7.53. The maximum Gasteiger partial charge on any atom is 0.333 e. The topological polar surface area (TPSA) is 150 Å². The van der Waals surface area contributed by atoms with Gasteiger partial charge >= 0.3 is 11.9 Å². The summed E-state index contributed by atoms with van der Waals surface area (Å²) >= 11 is 0. The van der Waals surface area contributed by atoms with E-state index in [0.717, 1.165) is 11.1 Å². The summed E-state index contributed by atoms with van der Waals surface area (Å²) in [6, 6.07) is 22.2. The molecule has 0 radical (unpaired) electrons. The van der Waals surface area contributed by atoms with E-state index >= 15 is 0 Å². The first-order valence-corrected chi connectivity index (χ1v) is 16.3. The van der Waals surface area contributed by atoms with Gasteiger partial charge in [-0.15, -0.1) is 0 Å². The van der Waals surface area contributed by atoms with E-state index in [1.807, 2.05) is 48.5 Å². The summed E-state index contributed by atoms with van der Waals surface area (Å²) in [5, 5.41) is 30.3. The monoisotopic (exact) mass is 692 g/mol. The fourth-order valence-electron chi connectivity index (χ4n) is 4.39. The summed E-state index contributed by atoms with van der Waals surface area (Å²) < 4.78 is 32.6. The van der Waals surface area contributed by atoms with Crippen LogP contribution in [-0.2, 0) is 24.5 Å². The maximum absolute atomic E-state index is 11.5. The second-order valence-corrected chi connectivity index (χ2v) is 12.4. The number of hydrogen-bond donors (Lipinski definition) is 3. The molecule has 0 fully saturated rings. The molecule has 3 aromatic carbocycles. The minimum Gasteiger partial charge on any atom is -0.493 e. The van der Waals surface area contributed by atoms with E-state index in [4.69, 9.17) is 28.4 Å². The van der Waals surface area contributed by atoms with Crippen LogP contribution in [0.25, 0.3) is 0 Å². The van der Waals surface area contributed by atoms with Gasteiger partial charge in [-0.05, 0) is 73.5 Å². The Morgan fingerprint density at radius 3 is 1.26 bits per heavy atom. The van der Waals surface area contributed by atoms with Crippen LogP contribution in [0.5, 0.6) is 23.0 Å². The first-order chi connectivity index (χ1) is 23.7. The molecule has 3 rings (SSSR count). The Morgan fingerprint density at radius 1 is 0.560 bits per heavy atom. The molecule has 3 aromatic rings. The Hall–Kier alpha value is -4.84. The Labute approximate surface area is 293 Å². The van der Waals surface area contributed by atoms with Gasteiger partial charge in [-0.25, -0.2) is 9.59 Å². The molecule has 0 bridgehead atoms. The highest BCUT2D eigenvalue weighted by Gasteiger charge is 2.23. The standard InChI is InChI=1S/C39H48O11/c1-26(2)37(43)49-21-30(40)19-20-45-33-11-7-28(8-12-33)39(5,6)29-9-13-34(14-10-29)46-22-31(41)23-47-35-15-17-36(18-16-35)48-24-32(42)25-50-38(44)27(3)4/h7-18,30-32,40-42H,1,3,19-25H2,2,4-6H3. The molecule has 3 unspecified atom stereocenters. The minimum atomic E-state index is -0.987. The van der Waals surface area contributed by atoms with E-state index in [0.29, 0.717) is 29.4 Å². The molecule has 270 valence electrons. The van der Waals surface area contributed by atoms with Crippen molar-refractivity contribution in [3.63, 3.8) is 0 Å². The lowest BCUT2D eigenvalue weighted by Gasteiger charge is -2.26. The average Bonchev–Trinajstić information content (AvgIpc) is 3.10. The zero-order valence-electron chi connectivity index (χ0n) is 29.1. The Balaban J connectivity index is 1.38. The molecule has 0 amide bonds. The van der Waals surface area contributed by atoms with Crippen LogP contribution in [0.15, 0.2) is 97.1 Å². The molecule has 0 aromatic heterocycles. The molecule has 0 aliphatic heterocycles. The fraction of sp³-hybridized carbons (Fsp3) is 0.385. The third-order valence-electron chi connectivity index (χ3n) is 7.53. The van der Waals surface area contributed by atoms with Crippen LogP contribution in [0.4, 0.5) is 0 Å². The molecule has 0 saturated heterocycles. The van der Waals surface area contributed by atoms with E-state index in [1.165, 1.54) is 6.92 Å². The summed E-state index contributed by atoms with van der Waals surface area (Å²) in [7, 11) is 0. The Morgan fingerprint density at radius 2 is 0.880 bits per heavy atom. The summed E-state index contributed by atoms with van der Waals surface area (Å²) in [5.41, 5.74) is 2.38. The lowest BCUT2D eigenvalue weighted by molar-refractivity contribution is -0.143. The highest BCUT2D eigenvalue weighted by atomic mass is 16.6. The number of esters is 2. The van der Waals surface area contributed by atoms with Gasteiger partial charge in [0.1, 0.15) is 68.2 Å². The predicted molar refractivity (Wildman–Crippen MR) is 188 cm³/mol. The van der Waals surface area contributed by atoms with Gasteiger partial charge in [0.15, 0.2) is 0 Å². The van der Waals surface area contributed by atoms with Crippen molar-refractivity contribution >= 4 is 11.9 Å². The molecule has 0 saturated carbocycles. The van der Waals surface area contributed by atoms with Crippen molar-refractivity contribution in [1.82, 2.24) is 0 Å². The van der Waals surface area contributed by atoms with Gasteiger partial charge in [-0.3, -0.25) is 0 Å². The number of carbonyl (C=O) groups is 2. The normalized spacial score (nSPS) is 12.9. The average molecular weight is 693 g/mol. The number of aliphatic hydroxyl groups is 3. The second-order valence-electron chi connectivity index (χ2n) is 12.4. The SMILES string of the molecule is C=C(C)C(=O)OCC(O)CCOc1ccc(C(C)(C)c2ccc(OCC(O)COc3ccc(OCC(O)COC(=O)C(=C)C)cc3)cc2)cc1. The van der Waals surface area contributed by atoms with Crippen LogP contribution in [0.1, 0.15) is 45.2 Å². The lowest BCUT2D eigenvalue weighted by atomic mass is 9.78. The molecule has 0 spiro atoms. The van der Waals surface area contributed by atoms with Crippen molar-refractivity contribution < 1.29 is 53.3 Å². The number of benzene rings is 3. The smallest absolute Gasteiger partial charge is 0.333 e. The molecular weight excluding hydrogens is 644 g/mol. The van der Waals surface area contributed by atoms with E-state index < -0.39 is 30.3 Å². The summed E-state index contributed by atoms with van der Waals surface area (Å²) in [6.07, 6.45) is -2.37. The van der Waals surface area contributed by atoms with Crippen molar-refractivity contribution in [2.24, 2.45) is 0 Å². The van der Waals surface area contributed by atoms with Crippen molar-refractivity contribution in [2.75, 3.05) is 39.6 Å². The zero-order chi connectivity index (χ0) is 36.7. The van der Waals surface area contributed by atoms with Crippen LogP contribution in [0.2, 0.25) is 0 Å². The van der Waals surface area contributed by atoms with Crippen molar-refractivity contribution in [3.05, 3.63) is 108 Å². The number of carbonyl (C=O) groups excluding carboxylic acids is 2. The number of ether oxygens (including phenoxy) is 6. The largest absolute Gasteiger partial charge is 0.493 e. The van der Waals surface area contributed by atoms with E-state index in [-0.39, 0.29) is 56.2 Å². The first-order valence-electron chi connectivity index (χ1n) is 16.3. The van der Waals surface area contributed by atoms with Crippen molar-refractivity contribution in [2.45, 2.75) is 57.8 Å². The predicted octanol–water partition coefficient (Wildman–Crippen LogP) is 4.94. The van der Waals surface area contributed by atoms with Crippen molar-refractivity contribution in [3.8, 4) is 23.0 Å². The van der Waals surface area contributed by atoms with Gasteiger partial charge in [0, 0.05) is 23.0 Å². The highest BCUT2D eigenvalue weighted by molar-refractivity contribution is 5.87. The Bertz CT molecular complexity index is 1530. The Kier molecular flexibility index (Phi) is 15.3. The number of aliphatic hydroxyl groups excluding tert-OH is 3. The van der Waals surface area contributed by atoms with Crippen LogP contribution in [-0.4, -0.2) is 85.2 Å². The molecule has 3 atom stereocenters. The minimum absolute atomic E-state index is 0.0172. The third kappa shape index (κ3) is 13.2. The highest BCUT2D eigenvalue weighted by Crippen LogP contribution is 2.33. The molecule has 0 heterocycles. The number of hydrogen-bond acceptors (Lipinski definition) is 11. The maximum atomic E-state index is 11.5. The quantitative estimate of drug-likeness (QED) is 0.103. The molecule has 0 aliphatic rings.